The van der Waals surface area contributed by atoms with E-state index in [-0.39, 0.29) is 24.3 Å². The minimum atomic E-state index is -0.972. The fourth-order valence-corrected chi connectivity index (χ4v) is 1.49. The standard InChI is InChI=1S/C8H8BrN3O4/c9-5-3-10-4-6(12(15)16)8(5)11-2-1-7(13)14/h3-4H,1-2H2,(H,10,11)(H,13,14). The number of anilines is 1. The van der Waals surface area contributed by atoms with Gasteiger partial charge in [-0.05, 0) is 15.9 Å². The van der Waals surface area contributed by atoms with Gasteiger partial charge in [-0.15, -0.1) is 0 Å². The highest BCUT2D eigenvalue weighted by Crippen LogP contribution is 2.30. The van der Waals surface area contributed by atoms with Gasteiger partial charge in [-0.2, -0.15) is 0 Å². The van der Waals surface area contributed by atoms with E-state index in [4.69, 9.17) is 5.11 Å². The first-order chi connectivity index (χ1) is 7.52. The molecule has 0 bridgehead atoms. The molecule has 1 aromatic heterocycles. The zero-order valence-electron chi connectivity index (χ0n) is 8.01. The van der Waals surface area contributed by atoms with Crippen molar-refractivity contribution in [3.63, 3.8) is 0 Å². The summed E-state index contributed by atoms with van der Waals surface area (Å²) in [6.45, 7) is 0.110. The highest BCUT2D eigenvalue weighted by molar-refractivity contribution is 9.10. The van der Waals surface area contributed by atoms with Gasteiger partial charge in [0.25, 0.3) is 0 Å². The lowest BCUT2D eigenvalue weighted by Crippen LogP contribution is -2.09. The molecule has 0 saturated heterocycles. The summed E-state index contributed by atoms with van der Waals surface area (Å²) in [4.78, 5) is 24.0. The minimum Gasteiger partial charge on any atom is -0.481 e. The monoisotopic (exact) mass is 289 g/mol. The van der Waals surface area contributed by atoms with Crippen molar-refractivity contribution < 1.29 is 14.8 Å². The molecule has 0 unspecified atom stereocenters. The Balaban J connectivity index is 2.84. The van der Waals surface area contributed by atoms with Crippen LogP contribution in [0.15, 0.2) is 16.9 Å². The van der Waals surface area contributed by atoms with Gasteiger partial charge in [0.2, 0.25) is 0 Å². The molecular formula is C8H8BrN3O4. The van der Waals surface area contributed by atoms with Gasteiger partial charge >= 0.3 is 11.7 Å². The van der Waals surface area contributed by atoms with Gasteiger partial charge in [-0.25, -0.2) is 0 Å². The average molecular weight is 290 g/mol. The Morgan fingerprint density at radius 1 is 1.62 bits per heavy atom. The molecule has 2 N–H and O–H groups in total. The maximum Gasteiger partial charge on any atom is 0.311 e. The number of hydrogen-bond donors (Lipinski definition) is 2. The lowest BCUT2D eigenvalue weighted by atomic mass is 10.3. The molecular weight excluding hydrogens is 282 g/mol. The third-order valence-corrected chi connectivity index (χ3v) is 2.32. The SMILES string of the molecule is O=C(O)CCNc1c(Br)cncc1[N+](=O)[O-]. The highest BCUT2D eigenvalue weighted by Gasteiger charge is 2.16. The Bertz CT molecular complexity index is 424. The number of pyridine rings is 1. The zero-order chi connectivity index (χ0) is 12.1. The van der Waals surface area contributed by atoms with Crippen LogP contribution in [0.5, 0.6) is 0 Å². The summed E-state index contributed by atoms with van der Waals surface area (Å²) in [7, 11) is 0. The van der Waals surface area contributed by atoms with E-state index in [1.807, 2.05) is 0 Å². The normalized spacial score (nSPS) is 9.81. The molecule has 0 aliphatic heterocycles. The second-order valence-electron chi connectivity index (χ2n) is 2.84. The van der Waals surface area contributed by atoms with Crippen molar-refractivity contribution in [3.05, 3.63) is 27.0 Å². The number of carboxylic acids is 1. The number of carbonyl (C=O) groups is 1. The van der Waals surface area contributed by atoms with E-state index in [1.165, 1.54) is 6.20 Å². The number of carboxylic acid groups (broad SMARTS) is 1. The van der Waals surface area contributed by atoms with E-state index < -0.39 is 10.9 Å². The molecule has 1 aromatic rings. The lowest BCUT2D eigenvalue weighted by molar-refractivity contribution is -0.384. The Hall–Kier alpha value is -1.70. The Morgan fingerprint density at radius 3 is 2.88 bits per heavy atom. The summed E-state index contributed by atoms with van der Waals surface area (Å²) in [6, 6.07) is 0. The molecule has 86 valence electrons. The van der Waals surface area contributed by atoms with Crippen LogP contribution in [0.1, 0.15) is 6.42 Å². The summed E-state index contributed by atoms with van der Waals surface area (Å²) in [5, 5.41) is 21.8. The largest absolute Gasteiger partial charge is 0.481 e. The molecule has 0 saturated carbocycles. The van der Waals surface area contributed by atoms with Crippen LogP contribution in [-0.2, 0) is 4.79 Å². The first-order valence-electron chi connectivity index (χ1n) is 4.26. The number of aromatic nitrogens is 1. The van der Waals surface area contributed by atoms with Gasteiger partial charge in [0.15, 0.2) is 0 Å². The van der Waals surface area contributed by atoms with Gasteiger partial charge in [-0.3, -0.25) is 19.9 Å². The van der Waals surface area contributed by atoms with Crippen molar-refractivity contribution in [2.45, 2.75) is 6.42 Å². The number of rotatable bonds is 5. The van der Waals surface area contributed by atoms with Gasteiger partial charge in [0, 0.05) is 12.7 Å². The van der Waals surface area contributed by atoms with E-state index in [9.17, 15) is 14.9 Å². The fourth-order valence-electron chi connectivity index (χ4n) is 1.03. The van der Waals surface area contributed by atoms with Crippen LogP contribution in [0, 0.1) is 10.1 Å². The van der Waals surface area contributed by atoms with Gasteiger partial charge < -0.3 is 10.4 Å². The van der Waals surface area contributed by atoms with Crippen LogP contribution < -0.4 is 5.32 Å². The van der Waals surface area contributed by atoms with E-state index >= 15 is 0 Å². The topological polar surface area (TPSA) is 105 Å². The maximum atomic E-state index is 10.7. The van der Waals surface area contributed by atoms with Gasteiger partial charge in [-0.1, -0.05) is 0 Å². The Kier molecular flexibility index (Phi) is 4.18. The summed E-state index contributed by atoms with van der Waals surface area (Å²) in [5.41, 5.74) is 0.0426. The molecule has 0 aliphatic carbocycles. The molecule has 0 aromatic carbocycles. The van der Waals surface area contributed by atoms with Crippen molar-refractivity contribution in [2.75, 3.05) is 11.9 Å². The van der Waals surface area contributed by atoms with Gasteiger partial charge in [0.05, 0.1) is 15.8 Å². The first-order valence-corrected chi connectivity index (χ1v) is 5.05. The number of hydrogen-bond acceptors (Lipinski definition) is 5. The van der Waals surface area contributed by atoms with Crippen molar-refractivity contribution in [2.24, 2.45) is 0 Å². The molecule has 7 nitrogen and oxygen atoms in total. The minimum absolute atomic E-state index is 0.110. The molecule has 0 aliphatic rings. The molecule has 0 amide bonds. The summed E-state index contributed by atoms with van der Waals surface area (Å²) >= 11 is 3.11. The molecule has 0 fully saturated rings. The van der Waals surface area contributed by atoms with Crippen LogP contribution in [0.4, 0.5) is 11.4 Å². The van der Waals surface area contributed by atoms with Crippen molar-refractivity contribution in [3.8, 4) is 0 Å². The van der Waals surface area contributed by atoms with Crippen molar-refractivity contribution >= 4 is 33.3 Å². The molecule has 0 radical (unpaired) electrons. The fraction of sp³-hybridized carbons (Fsp3) is 0.250. The second-order valence-corrected chi connectivity index (χ2v) is 3.70. The summed E-state index contributed by atoms with van der Waals surface area (Å²) < 4.78 is 0.423. The van der Waals surface area contributed by atoms with Crippen LogP contribution in [0.25, 0.3) is 0 Å². The zero-order valence-corrected chi connectivity index (χ0v) is 9.60. The lowest BCUT2D eigenvalue weighted by Gasteiger charge is -2.06. The maximum absolute atomic E-state index is 10.7. The third-order valence-electron chi connectivity index (χ3n) is 1.72. The number of nitrogens with zero attached hydrogens (tertiary/aromatic N) is 2. The summed E-state index contributed by atoms with van der Waals surface area (Å²) in [6.07, 6.45) is 2.38. The van der Waals surface area contributed by atoms with Crippen LogP contribution in [0.2, 0.25) is 0 Å². The van der Waals surface area contributed by atoms with E-state index in [1.54, 1.807) is 0 Å². The number of halogens is 1. The van der Waals surface area contributed by atoms with Crippen LogP contribution in [0.3, 0.4) is 0 Å². The van der Waals surface area contributed by atoms with E-state index in [0.29, 0.717) is 4.47 Å². The van der Waals surface area contributed by atoms with Gasteiger partial charge in [0.1, 0.15) is 11.9 Å². The number of nitrogens with one attached hydrogen (secondary N) is 1. The molecule has 0 atom stereocenters. The molecule has 0 spiro atoms. The van der Waals surface area contributed by atoms with E-state index in [2.05, 4.69) is 26.2 Å². The Labute approximate surface area is 98.8 Å². The average Bonchev–Trinajstić information content (AvgIpc) is 2.19. The van der Waals surface area contributed by atoms with Crippen LogP contribution in [-0.4, -0.2) is 27.5 Å². The smallest absolute Gasteiger partial charge is 0.311 e. The van der Waals surface area contributed by atoms with E-state index in [0.717, 1.165) is 6.20 Å². The third kappa shape index (κ3) is 3.16. The second kappa shape index (κ2) is 5.40. The quantitative estimate of drug-likeness (QED) is 0.630. The predicted molar refractivity (Wildman–Crippen MR) is 59.3 cm³/mol. The molecule has 8 heteroatoms. The molecule has 16 heavy (non-hydrogen) atoms. The molecule has 1 heterocycles. The first kappa shape index (κ1) is 12.4. The number of aliphatic carboxylic acids is 1. The van der Waals surface area contributed by atoms with Crippen LogP contribution >= 0.6 is 15.9 Å². The van der Waals surface area contributed by atoms with Crippen molar-refractivity contribution in [1.82, 2.24) is 4.98 Å². The number of nitro groups is 1. The molecule has 1 rings (SSSR count). The summed E-state index contributed by atoms with van der Waals surface area (Å²) in [5.74, 6) is -0.972. The highest BCUT2D eigenvalue weighted by atomic mass is 79.9. The Morgan fingerprint density at radius 2 is 2.31 bits per heavy atom. The predicted octanol–water partition coefficient (Wildman–Crippen LogP) is 1.64. The van der Waals surface area contributed by atoms with Crippen molar-refractivity contribution in [1.29, 1.82) is 0 Å².